The van der Waals surface area contributed by atoms with Crippen molar-refractivity contribution in [1.29, 1.82) is 0 Å². The van der Waals surface area contributed by atoms with E-state index in [1.165, 1.54) is 48.0 Å². The summed E-state index contributed by atoms with van der Waals surface area (Å²) in [6, 6.07) is 59.5. The van der Waals surface area contributed by atoms with E-state index in [2.05, 4.69) is 160 Å². The maximum absolute atomic E-state index is 5.14. The minimum Gasteiger partial charge on any atom is -0.208 e. The van der Waals surface area contributed by atoms with Crippen LogP contribution in [0.25, 0.3) is 101 Å². The van der Waals surface area contributed by atoms with Gasteiger partial charge in [0.2, 0.25) is 0 Å². The van der Waals surface area contributed by atoms with E-state index in [-0.39, 0.29) is 11.3 Å². The molecule has 0 saturated carbocycles. The SMILES string of the molecule is CC(C)(C)C1=Cc2c(sc3c(-c4cccc(-c5nc(C6=CCCC=C6)nc(-c6ccccc6)n5)c4)cc4ccccc4c23)C(c2cccc(-c3nc(-c4ccccc4)nc(-c4ccccc4)n3)c2)C1. The van der Waals surface area contributed by atoms with Crippen molar-refractivity contribution in [3.63, 3.8) is 0 Å². The van der Waals surface area contributed by atoms with E-state index in [1.807, 2.05) is 65.9 Å². The molecule has 0 amide bonds. The molecule has 10 aromatic rings. The second kappa shape index (κ2) is 17.6. The molecule has 0 radical (unpaired) electrons. The first-order chi connectivity index (χ1) is 33.8. The zero-order valence-corrected chi connectivity index (χ0v) is 39.6. The normalized spacial score (nSPS) is 14.7. The van der Waals surface area contributed by atoms with E-state index in [1.54, 1.807) is 0 Å². The molecule has 0 saturated heterocycles. The number of thiophene rings is 1. The summed E-state index contributed by atoms with van der Waals surface area (Å²) in [5.41, 5.74) is 12.1. The highest BCUT2D eigenvalue weighted by Crippen LogP contribution is 2.53. The Balaban J connectivity index is 1.02. The second-order valence-electron chi connectivity index (χ2n) is 19.0. The maximum Gasteiger partial charge on any atom is 0.164 e. The van der Waals surface area contributed by atoms with Crippen molar-refractivity contribution in [1.82, 2.24) is 29.9 Å². The molecule has 2 aliphatic rings. The molecule has 0 bridgehead atoms. The Morgan fingerprint density at radius 1 is 0.493 bits per heavy atom. The van der Waals surface area contributed by atoms with Gasteiger partial charge in [-0.25, -0.2) is 29.9 Å². The number of aromatic nitrogens is 6. The summed E-state index contributed by atoms with van der Waals surface area (Å²) in [5.74, 6) is 4.10. The average molecular weight is 909 g/mol. The Bertz CT molecular complexity index is 3620. The van der Waals surface area contributed by atoms with Crippen LogP contribution in [0.2, 0.25) is 0 Å². The van der Waals surface area contributed by atoms with Gasteiger partial charge in [-0.1, -0.05) is 202 Å². The quantitative estimate of drug-likeness (QED) is 0.151. The van der Waals surface area contributed by atoms with E-state index < -0.39 is 0 Å². The largest absolute Gasteiger partial charge is 0.208 e. The van der Waals surface area contributed by atoms with Crippen molar-refractivity contribution in [3.8, 4) is 68.1 Å². The minimum atomic E-state index is -0.0433. The van der Waals surface area contributed by atoms with Gasteiger partial charge in [-0.2, -0.15) is 0 Å². The molecule has 0 spiro atoms. The number of allylic oxidation sites excluding steroid dienone is 5. The molecule has 3 aromatic heterocycles. The zero-order chi connectivity index (χ0) is 46.5. The fourth-order valence-electron chi connectivity index (χ4n) is 9.73. The molecule has 12 rings (SSSR count). The van der Waals surface area contributed by atoms with Crippen molar-refractivity contribution in [2.75, 3.05) is 0 Å². The highest BCUT2D eigenvalue weighted by Gasteiger charge is 2.33. The fourth-order valence-corrected chi connectivity index (χ4v) is 11.2. The summed E-state index contributed by atoms with van der Waals surface area (Å²) < 4.78 is 1.28. The third-order valence-corrected chi connectivity index (χ3v) is 14.7. The molecular formula is C62H48N6S. The lowest BCUT2D eigenvalue weighted by atomic mass is 9.74. The Labute approximate surface area is 406 Å². The number of hydrogen-bond acceptors (Lipinski definition) is 7. The summed E-state index contributed by atoms with van der Waals surface area (Å²) in [6.45, 7) is 7.04. The van der Waals surface area contributed by atoms with Crippen LogP contribution in [-0.2, 0) is 0 Å². The first kappa shape index (κ1) is 42.4. The van der Waals surface area contributed by atoms with Gasteiger partial charge in [-0.15, -0.1) is 11.3 Å². The van der Waals surface area contributed by atoms with Crippen LogP contribution in [0.15, 0.2) is 194 Å². The average Bonchev–Trinajstić information content (AvgIpc) is 3.81. The van der Waals surface area contributed by atoms with Gasteiger partial charge in [0.25, 0.3) is 0 Å². The Morgan fingerprint density at radius 3 is 1.61 bits per heavy atom. The zero-order valence-electron chi connectivity index (χ0n) is 38.8. The lowest BCUT2D eigenvalue weighted by molar-refractivity contribution is 0.476. The molecule has 1 atom stereocenters. The topological polar surface area (TPSA) is 77.3 Å². The highest BCUT2D eigenvalue weighted by atomic mass is 32.1. The molecule has 7 heteroatoms. The maximum atomic E-state index is 5.14. The minimum absolute atomic E-state index is 0.0433. The monoisotopic (exact) mass is 908 g/mol. The molecule has 1 unspecified atom stereocenters. The number of rotatable bonds is 8. The van der Waals surface area contributed by atoms with Gasteiger partial charge in [0.1, 0.15) is 0 Å². The van der Waals surface area contributed by atoms with Gasteiger partial charge in [-0.05, 0) is 70.3 Å². The van der Waals surface area contributed by atoms with Gasteiger partial charge >= 0.3 is 0 Å². The first-order valence-corrected chi connectivity index (χ1v) is 24.6. The van der Waals surface area contributed by atoms with Crippen molar-refractivity contribution < 1.29 is 0 Å². The molecule has 0 N–H and O–H groups in total. The second-order valence-corrected chi connectivity index (χ2v) is 20.0. The smallest absolute Gasteiger partial charge is 0.164 e. The molecule has 2 aliphatic carbocycles. The van der Waals surface area contributed by atoms with Gasteiger partial charge < -0.3 is 0 Å². The summed E-state index contributed by atoms with van der Waals surface area (Å²) in [5, 5.41) is 3.78. The Hall–Kier alpha value is -8.00. The van der Waals surface area contributed by atoms with Gasteiger partial charge in [0.05, 0.1) is 0 Å². The summed E-state index contributed by atoms with van der Waals surface area (Å²) >= 11 is 1.93. The van der Waals surface area contributed by atoms with Crippen LogP contribution in [0.3, 0.4) is 0 Å². The van der Waals surface area contributed by atoms with Gasteiger partial charge in [-0.3, -0.25) is 0 Å². The number of nitrogens with zero attached hydrogens (tertiary/aromatic N) is 6. The van der Waals surface area contributed by atoms with E-state index >= 15 is 0 Å². The number of hydrogen-bond donors (Lipinski definition) is 0. The van der Waals surface area contributed by atoms with Crippen molar-refractivity contribution in [3.05, 3.63) is 215 Å². The van der Waals surface area contributed by atoms with Crippen LogP contribution in [0.4, 0.5) is 0 Å². The summed E-state index contributed by atoms with van der Waals surface area (Å²) in [6.07, 6.45) is 12.0. The summed E-state index contributed by atoms with van der Waals surface area (Å²) in [7, 11) is 0. The van der Waals surface area contributed by atoms with Crippen molar-refractivity contribution >= 4 is 43.8 Å². The lowest BCUT2D eigenvalue weighted by Crippen LogP contribution is -2.16. The molecule has 0 aliphatic heterocycles. The van der Waals surface area contributed by atoms with E-state index in [4.69, 9.17) is 29.9 Å². The molecule has 69 heavy (non-hydrogen) atoms. The summed E-state index contributed by atoms with van der Waals surface area (Å²) in [4.78, 5) is 31.9. The molecule has 3 heterocycles. The van der Waals surface area contributed by atoms with Crippen LogP contribution >= 0.6 is 11.3 Å². The lowest BCUT2D eigenvalue weighted by Gasteiger charge is -2.31. The molecule has 332 valence electrons. The standard InChI is InChI=1S/C62H48N6S/c1-62(2,3)48-37-51(44-30-19-32-47(35-44)61-67-58(41-24-12-6-13-25-41)64-59(68-61)42-26-14-7-15-27-42)54-52(38-48)53-49-33-17-16-28-45(49)36-50(55(53)69-54)43-29-18-31-46(34-43)60-65-56(39-20-8-4-9-21-39)63-57(66-60)40-22-10-5-11-23-40/h4,6-10,12-36,38,51H,5,11,37H2,1-3H3. The third-order valence-electron chi connectivity index (χ3n) is 13.4. The van der Waals surface area contributed by atoms with Crippen LogP contribution in [0, 0.1) is 5.41 Å². The molecule has 7 aromatic carbocycles. The van der Waals surface area contributed by atoms with Crippen molar-refractivity contribution in [2.24, 2.45) is 5.41 Å². The van der Waals surface area contributed by atoms with E-state index in [0.29, 0.717) is 34.9 Å². The van der Waals surface area contributed by atoms with Crippen LogP contribution < -0.4 is 0 Å². The Kier molecular flexibility index (Phi) is 10.8. The molecule has 0 fully saturated rings. The predicted octanol–water partition coefficient (Wildman–Crippen LogP) is 16.1. The highest BCUT2D eigenvalue weighted by molar-refractivity contribution is 7.20. The number of benzene rings is 7. The van der Waals surface area contributed by atoms with Crippen molar-refractivity contribution in [2.45, 2.75) is 46.0 Å². The van der Waals surface area contributed by atoms with E-state index in [0.717, 1.165) is 58.2 Å². The molecule has 6 nitrogen and oxygen atoms in total. The first-order valence-electron chi connectivity index (χ1n) is 23.8. The Morgan fingerprint density at radius 2 is 1.01 bits per heavy atom. The predicted molar refractivity (Wildman–Crippen MR) is 285 cm³/mol. The molecular weight excluding hydrogens is 861 g/mol. The van der Waals surface area contributed by atoms with E-state index in [9.17, 15) is 0 Å². The fraction of sp³-hybridized carbons (Fsp3) is 0.129. The number of fused-ring (bicyclic) bond motifs is 5. The van der Waals surface area contributed by atoms with Crippen LogP contribution in [0.5, 0.6) is 0 Å². The van der Waals surface area contributed by atoms with Gasteiger partial charge in [0.15, 0.2) is 34.9 Å². The van der Waals surface area contributed by atoms with Crippen LogP contribution in [0.1, 0.15) is 67.8 Å². The van der Waals surface area contributed by atoms with Crippen LogP contribution in [-0.4, -0.2) is 29.9 Å². The van der Waals surface area contributed by atoms with Gasteiger partial charge in [0, 0.05) is 59.8 Å². The third kappa shape index (κ3) is 8.19.